The van der Waals surface area contributed by atoms with E-state index in [2.05, 4.69) is 14.4 Å². The molecule has 0 bridgehead atoms. The van der Waals surface area contributed by atoms with Gasteiger partial charge in [0.15, 0.2) is 11.3 Å². The number of aromatic hydroxyl groups is 1. The third-order valence-electron chi connectivity index (χ3n) is 5.94. The van der Waals surface area contributed by atoms with Crippen LogP contribution in [0.4, 0.5) is 11.4 Å². The highest BCUT2D eigenvalue weighted by Gasteiger charge is 2.31. The number of hydrogen-bond donors (Lipinski definition) is 3. The molecule has 0 aliphatic carbocycles. The number of nitrogens with zero attached hydrogens (tertiary/aromatic N) is 2. The van der Waals surface area contributed by atoms with Crippen LogP contribution in [0.5, 0.6) is 5.88 Å². The van der Waals surface area contributed by atoms with Crippen molar-refractivity contribution in [2.75, 3.05) is 10.0 Å². The lowest BCUT2D eigenvalue weighted by Gasteiger charge is -2.21. The van der Waals surface area contributed by atoms with Crippen LogP contribution < -0.4 is 15.5 Å². The van der Waals surface area contributed by atoms with E-state index in [-0.39, 0.29) is 27.7 Å². The Balaban J connectivity index is 1.85. The van der Waals surface area contributed by atoms with Gasteiger partial charge in [-0.3, -0.25) is 13.9 Å². The van der Waals surface area contributed by atoms with Crippen LogP contribution in [0.2, 0.25) is 0 Å². The van der Waals surface area contributed by atoms with Crippen LogP contribution >= 0.6 is 0 Å². The molecule has 3 aromatic rings. The van der Waals surface area contributed by atoms with Gasteiger partial charge in [0.25, 0.3) is 10.0 Å². The Morgan fingerprint density at radius 1 is 1.14 bits per heavy atom. The highest BCUT2D eigenvalue weighted by atomic mass is 32.2. The second kappa shape index (κ2) is 9.25. The standard InChI is InChI=1S/C24H28N4O6S2/c1-14(2)8-10-17-19-7-5-6-12-28(19)24(30)21(22(17)29)23-25-18-11-9-16(26-35(31,32)15(3)4)13-20(18)36(33,34)27-23/h5-7,9,11-15,26,30H,8,10H2,1-4H3,(H,25,27). The monoisotopic (exact) mass is 532 g/mol. The molecule has 0 saturated carbocycles. The minimum absolute atomic E-state index is 0.0658. The van der Waals surface area contributed by atoms with E-state index >= 15 is 0 Å². The van der Waals surface area contributed by atoms with Crippen molar-refractivity contribution in [3.63, 3.8) is 0 Å². The number of pyridine rings is 2. The number of anilines is 2. The maximum absolute atomic E-state index is 13.5. The molecule has 12 heteroatoms. The van der Waals surface area contributed by atoms with Crippen molar-refractivity contribution in [2.24, 2.45) is 10.3 Å². The maximum atomic E-state index is 13.5. The van der Waals surface area contributed by atoms with Crippen molar-refractivity contribution < 1.29 is 21.9 Å². The Bertz CT molecular complexity index is 1660. The summed E-state index contributed by atoms with van der Waals surface area (Å²) < 4.78 is 58.2. The van der Waals surface area contributed by atoms with Gasteiger partial charge < -0.3 is 10.4 Å². The van der Waals surface area contributed by atoms with E-state index in [1.165, 1.54) is 36.4 Å². The molecule has 1 aliphatic rings. The molecule has 0 unspecified atom stereocenters. The van der Waals surface area contributed by atoms with E-state index < -0.39 is 36.6 Å². The number of fused-ring (bicyclic) bond motifs is 2. The molecule has 0 spiro atoms. The van der Waals surface area contributed by atoms with Crippen molar-refractivity contribution in [1.29, 1.82) is 0 Å². The summed E-state index contributed by atoms with van der Waals surface area (Å²) in [5.74, 6) is -0.412. The molecule has 2 aromatic heterocycles. The van der Waals surface area contributed by atoms with Gasteiger partial charge in [-0.25, -0.2) is 8.42 Å². The summed E-state index contributed by atoms with van der Waals surface area (Å²) in [7, 11) is -8.03. The average Bonchev–Trinajstić information content (AvgIpc) is 2.78. The summed E-state index contributed by atoms with van der Waals surface area (Å²) in [6, 6.07) is 9.13. The number of aromatic nitrogens is 1. The molecule has 1 aromatic carbocycles. The average molecular weight is 533 g/mol. The summed E-state index contributed by atoms with van der Waals surface area (Å²) in [4.78, 5) is 13.3. The number of aryl methyl sites for hydroxylation is 1. The van der Waals surface area contributed by atoms with Gasteiger partial charge in [0, 0.05) is 17.4 Å². The molecule has 192 valence electrons. The molecular weight excluding hydrogens is 504 g/mol. The van der Waals surface area contributed by atoms with Crippen molar-refractivity contribution in [1.82, 2.24) is 4.40 Å². The maximum Gasteiger partial charge on any atom is 0.286 e. The highest BCUT2D eigenvalue weighted by molar-refractivity contribution is 7.93. The molecule has 0 atom stereocenters. The van der Waals surface area contributed by atoms with Crippen LogP contribution in [-0.4, -0.2) is 37.4 Å². The van der Waals surface area contributed by atoms with E-state index in [0.29, 0.717) is 23.4 Å². The van der Waals surface area contributed by atoms with Crippen molar-refractivity contribution >= 4 is 42.8 Å². The zero-order valence-corrected chi connectivity index (χ0v) is 21.9. The summed E-state index contributed by atoms with van der Waals surface area (Å²) in [5, 5.41) is 13.1. The van der Waals surface area contributed by atoms with Crippen LogP contribution in [0.15, 0.2) is 56.7 Å². The Hall–Kier alpha value is -3.38. The predicted octanol–water partition coefficient (Wildman–Crippen LogP) is 3.30. The number of benzene rings is 1. The third-order valence-corrected chi connectivity index (χ3v) is 9.01. The molecule has 0 amide bonds. The normalized spacial score (nSPS) is 15.0. The van der Waals surface area contributed by atoms with Gasteiger partial charge in [-0.05, 0) is 62.9 Å². The van der Waals surface area contributed by atoms with Gasteiger partial charge in [-0.2, -0.15) is 8.42 Å². The minimum Gasteiger partial charge on any atom is -0.494 e. The zero-order chi connectivity index (χ0) is 26.4. The van der Waals surface area contributed by atoms with Gasteiger partial charge in [0.1, 0.15) is 10.5 Å². The lowest BCUT2D eigenvalue weighted by atomic mass is 9.99. The van der Waals surface area contributed by atoms with E-state index in [1.807, 2.05) is 13.8 Å². The third kappa shape index (κ3) is 4.70. The summed E-state index contributed by atoms with van der Waals surface area (Å²) in [6.07, 6.45) is 2.75. The summed E-state index contributed by atoms with van der Waals surface area (Å²) >= 11 is 0. The largest absolute Gasteiger partial charge is 0.494 e. The molecule has 10 nitrogen and oxygen atoms in total. The Morgan fingerprint density at radius 3 is 2.53 bits per heavy atom. The van der Waals surface area contributed by atoms with E-state index in [0.717, 1.165) is 6.42 Å². The molecule has 0 radical (unpaired) electrons. The first kappa shape index (κ1) is 25.7. The Kier molecular flexibility index (Phi) is 6.60. The highest BCUT2D eigenvalue weighted by Crippen LogP contribution is 2.33. The van der Waals surface area contributed by atoms with E-state index in [4.69, 9.17) is 0 Å². The summed E-state index contributed by atoms with van der Waals surface area (Å²) in [5.41, 5.74) is 0.389. The van der Waals surface area contributed by atoms with Crippen molar-refractivity contribution in [3.05, 3.63) is 63.9 Å². The topological polar surface area (TPSA) is 146 Å². The molecule has 1 aliphatic heterocycles. The molecule has 0 fully saturated rings. The van der Waals surface area contributed by atoms with Gasteiger partial charge in [-0.1, -0.05) is 19.9 Å². The van der Waals surface area contributed by atoms with Gasteiger partial charge in [0.2, 0.25) is 15.9 Å². The molecular formula is C24H28N4O6S2. The first-order chi connectivity index (χ1) is 16.8. The number of hydrogen-bond acceptors (Lipinski definition) is 7. The lowest BCUT2D eigenvalue weighted by molar-refractivity contribution is 0.443. The number of rotatable bonds is 7. The van der Waals surface area contributed by atoms with Crippen LogP contribution in [-0.2, 0) is 26.5 Å². The molecule has 3 N–H and O–H groups in total. The fourth-order valence-corrected chi connectivity index (χ4v) is 5.70. The zero-order valence-electron chi connectivity index (χ0n) is 20.3. The molecule has 4 rings (SSSR count). The number of nitrogens with one attached hydrogen (secondary N) is 2. The molecule has 36 heavy (non-hydrogen) atoms. The van der Waals surface area contributed by atoms with Crippen LogP contribution in [0.25, 0.3) is 5.52 Å². The van der Waals surface area contributed by atoms with Crippen LogP contribution in [0.1, 0.15) is 45.2 Å². The summed E-state index contributed by atoms with van der Waals surface area (Å²) in [6.45, 7) is 7.07. The van der Waals surface area contributed by atoms with E-state index in [1.54, 1.807) is 24.4 Å². The fourth-order valence-electron chi connectivity index (χ4n) is 3.86. The lowest BCUT2D eigenvalue weighted by Crippen LogP contribution is -2.30. The quantitative estimate of drug-likeness (QED) is 0.423. The minimum atomic E-state index is -4.33. The predicted molar refractivity (Wildman–Crippen MR) is 140 cm³/mol. The van der Waals surface area contributed by atoms with Crippen LogP contribution in [0, 0.1) is 5.92 Å². The fraction of sp³-hybridized carbons (Fsp3) is 0.333. The van der Waals surface area contributed by atoms with E-state index in [9.17, 15) is 26.7 Å². The Morgan fingerprint density at radius 2 is 1.86 bits per heavy atom. The number of amidine groups is 1. The SMILES string of the molecule is CC(C)CCc1c(=O)c(C2=NS(=O)(=O)c3cc(NS(=O)(=O)C(C)C)ccc3N2)c(O)n2ccccc12. The second-order valence-electron chi connectivity index (χ2n) is 9.34. The molecule has 0 saturated heterocycles. The van der Waals surface area contributed by atoms with Crippen molar-refractivity contribution in [3.8, 4) is 5.88 Å². The van der Waals surface area contributed by atoms with Gasteiger partial charge in [-0.15, -0.1) is 4.40 Å². The number of sulfonamides is 2. The second-order valence-corrected chi connectivity index (χ2v) is 13.2. The van der Waals surface area contributed by atoms with Crippen LogP contribution in [0.3, 0.4) is 0 Å². The van der Waals surface area contributed by atoms with Gasteiger partial charge in [0.05, 0.1) is 16.5 Å². The first-order valence-electron chi connectivity index (χ1n) is 11.4. The first-order valence-corrected chi connectivity index (χ1v) is 14.4. The van der Waals surface area contributed by atoms with Gasteiger partial charge >= 0.3 is 0 Å². The Labute approximate surface area is 209 Å². The van der Waals surface area contributed by atoms with Crippen molar-refractivity contribution in [2.45, 2.75) is 50.7 Å². The molecule has 3 heterocycles. The smallest absolute Gasteiger partial charge is 0.286 e.